The fourth-order valence-electron chi connectivity index (χ4n) is 2.92. The number of carbonyl (C=O) groups is 1. The van der Waals surface area contributed by atoms with E-state index < -0.39 is 11.4 Å². The van der Waals surface area contributed by atoms with Crippen molar-refractivity contribution in [2.75, 3.05) is 0 Å². The smallest absolute Gasteiger partial charge is 0.314 e. The molecular weight excluding hydrogens is 266 g/mol. The summed E-state index contributed by atoms with van der Waals surface area (Å²) in [6.45, 7) is 2.65. The summed E-state index contributed by atoms with van der Waals surface area (Å²) in [5.41, 5.74) is -0.187. The fraction of sp³-hybridized carbons (Fsp3) is 0.438. The molecule has 0 aliphatic carbocycles. The van der Waals surface area contributed by atoms with Crippen LogP contribution in [0.5, 0.6) is 0 Å². The summed E-state index contributed by atoms with van der Waals surface area (Å²) in [6, 6.07) is 9.36. The Morgan fingerprint density at radius 2 is 2.05 bits per heavy atom. The van der Waals surface area contributed by atoms with Gasteiger partial charge < -0.3 is 9.67 Å². The lowest BCUT2D eigenvalue weighted by molar-refractivity contribution is -0.143. The van der Waals surface area contributed by atoms with E-state index in [1.807, 2.05) is 30.3 Å². The second-order valence-corrected chi connectivity index (χ2v) is 5.82. The van der Waals surface area contributed by atoms with E-state index in [0.717, 1.165) is 43.0 Å². The van der Waals surface area contributed by atoms with Gasteiger partial charge in [0, 0.05) is 19.4 Å². The summed E-state index contributed by atoms with van der Waals surface area (Å²) in [7, 11) is 0. The van der Waals surface area contributed by atoms with Gasteiger partial charge in [0.1, 0.15) is 11.6 Å². The lowest BCUT2D eigenvalue weighted by Crippen LogP contribution is -2.36. The Morgan fingerprint density at radius 3 is 2.76 bits per heavy atom. The second-order valence-electron chi connectivity index (χ2n) is 5.82. The van der Waals surface area contributed by atoms with Gasteiger partial charge >= 0.3 is 5.97 Å². The number of rotatable bonds is 4. The van der Waals surface area contributed by atoms with Crippen molar-refractivity contribution in [3.05, 3.63) is 47.5 Å². The minimum Gasteiger partial charge on any atom is -0.481 e. The van der Waals surface area contributed by atoms with Gasteiger partial charge in [-0.3, -0.25) is 4.79 Å². The van der Waals surface area contributed by atoms with Crippen LogP contribution in [0.2, 0.25) is 0 Å². The number of benzene rings is 1. The first-order valence-electron chi connectivity index (χ1n) is 7.31. The van der Waals surface area contributed by atoms with Crippen molar-refractivity contribution in [2.45, 2.75) is 44.6 Å². The van der Waals surface area contributed by atoms with E-state index in [4.69, 9.17) is 0 Å². The maximum atomic E-state index is 11.9. The predicted molar refractivity (Wildman–Crippen MR) is 78.1 cm³/mol. The topological polar surface area (TPSA) is 68.0 Å². The van der Waals surface area contributed by atoms with Crippen LogP contribution in [0, 0.1) is 0 Å². The van der Waals surface area contributed by atoms with Crippen molar-refractivity contribution in [2.24, 2.45) is 0 Å². The minimum absolute atomic E-state index is 0.360. The van der Waals surface area contributed by atoms with Crippen molar-refractivity contribution in [3.63, 3.8) is 0 Å². The summed E-state index contributed by atoms with van der Waals surface area (Å²) in [6.07, 6.45) is 3.53. The number of aliphatic carboxylic acids is 1. The van der Waals surface area contributed by atoms with Crippen LogP contribution in [-0.2, 0) is 29.6 Å². The molecule has 0 bridgehead atoms. The van der Waals surface area contributed by atoms with Gasteiger partial charge in [-0.15, -0.1) is 10.2 Å². The Bertz CT molecular complexity index is 651. The molecule has 0 radical (unpaired) electrons. The highest BCUT2D eigenvalue weighted by Crippen LogP contribution is 2.29. The summed E-state index contributed by atoms with van der Waals surface area (Å²) in [5.74, 6) is 0.928. The Morgan fingerprint density at radius 1 is 1.29 bits per heavy atom. The summed E-state index contributed by atoms with van der Waals surface area (Å²) >= 11 is 0. The molecule has 21 heavy (non-hydrogen) atoms. The number of hydrogen-bond acceptors (Lipinski definition) is 3. The molecule has 5 nitrogen and oxygen atoms in total. The van der Waals surface area contributed by atoms with Gasteiger partial charge in [0.15, 0.2) is 0 Å². The summed E-state index contributed by atoms with van der Waals surface area (Å²) in [5, 5.41) is 18.2. The molecule has 2 heterocycles. The first kappa shape index (κ1) is 13.8. The zero-order valence-corrected chi connectivity index (χ0v) is 12.1. The Labute approximate surface area is 123 Å². The number of aryl methyl sites for hydroxylation is 1. The van der Waals surface area contributed by atoms with E-state index in [1.165, 1.54) is 0 Å². The molecule has 0 saturated carbocycles. The molecular formula is C16H19N3O2. The molecule has 1 N–H and O–H groups in total. The van der Waals surface area contributed by atoms with Crippen LogP contribution in [0.4, 0.5) is 0 Å². The van der Waals surface area contributed by atoms with Crippen molar-refractivity contribution >= 4 is 5.97 Å². The monoisotopic (exact) mass is 285 g/mol. The van der Waals surface area contributed by atoms with E-state index in [-0.39, 0.29) is 0 Å². The van der Waals surface area contributed by atoms with Crippen molar-refractivity contribution in [1.82, 2.24) is 14.8 Å². The second kappa shape index (κ2) is 5.31. The van der Waals surface area contributed by atoms with Gasteiger partial charge in [-0.2, -0.15) is 0 Å². The normalized spacial score (nSPS) is 17.0. The van der Waals surface area contributed by atoms with Crippen LogP contribution < -0.4 is 0 Å². The van der Waals surface area contributed by atoms with E-state index in [2.05, 4.69) is 14.8 Å². The molecule has 1 aromatic heterocycles. The number of carboxylic acids is 1. The Kier molecular flexibility index (Phi) is 3.49. The molecule has 1 atom stereocenters. The average Bonchev–Trinajstić information content (AvgIpc) is 2.91. The molecule has 2 aromatic rings. The molecule has 0 spiro atoms. The molecule has 1 aromatic carbocycles. The van der Waals surface area contributed by atoms with Crippen LogP contribution >= 0.6 is 0 Å². The zero-order valence-electron chi connectivity index (χ0n) is 12.1. The predicted octanol–water partition coefficient (Wildman–Crippen LogP) is 2.20. The van der Waals surface area contributed by atoms with Gasteiger partial charge in [0.25, 0.3) is 0 Å². The number of fused-ring (bicyclic) bond motifs is 1. The highest BCUT2D eigenvalue weighted by Gasteiger charge is 2.37. The molecule has 1 aliphatic heterocycles. The van der Waals surface area contributed by atoms with Gasteiger partial charge in [-0.1, -0.05) is 30.3 Å². The average molecular weight is 285 g/mol. The lowest BCUT2D eigenvalue weighted by Gasteiger charge is -2.26. The van der Waals surface area contributed by atoms with Crippen molar-refractivity contribution < 1.29 is 9.90 Å². The molecule has 0 amide bonds. The van der Waals surface area contributed by atoms with Crippen LogP contribution in [0.25, 0.3) is 0 Å². The molecule has 3 rings (SSSR count). The standard InChI is InChI=1S/C16H19N3O2/c1-16(15(20)21,12-7-3-2-4-8-12)11-14-18-17-13-9-5-6-10-19(13)14/h2-4,7-8H,5-6,9-11H2,1H3,(H,20,21). The molecule has 110 valence electrons. The van der Waals surface area contributed by atoms with Crippen LogP contribution in [0.3, 0.4) is 0 Å². The third-order valence-electron chi connectivity index (χ3n) is 4.33. The zero-order chi connectivity index (χ0) is 14.9. The Hall–Kier alpha value is -2.17. The number of nitrogens with zero attached hydrogens (tertiary/aromatic N) is 3. The third-order valence-corrected chi connectivity index (χ3v) is 4.33. The van der Waals surface area contributed by atoms with Crippen LogP contribution in [0.1, 0.15) is 37.0 Å². The van der Waals surface area contributed by atoms with Crippen LogP contribution in [0.15, 0.2) is 30.3 Å². The SMILES string of the molecule is CC(Cc1nnc2n1CCCC2)(C(=O)O)c1ccccc1. The Balaban J connectivity index is 1.97. The van der Waals surface area contributed by atoms with Gasteiger partial charge in [0.05, 0.1) is 5.41 Å². The van der Waals surface area contributed by atoms with Gasteiger partial charge in [-0.25, -0.2) is 0 Å². The van der Waals surface area contributed by atoms with E-state index in [0.29, 0.717) is 6.42 Å². The fourth-order valence-corrected chi connectivity index (χ4v) is 2.92. The van der Waals surface area contributed by atoms with E-state index in [1.54, 1.807) is 6.92 Å². The number of carboxylic acid groups (broad SMARTS) is 1. The van der Waals surface area contributed by atoms with Crippen molar-refractivity contribution in [3.8, 4) is 0 Å². The van der Waals surface area contributed by atoms with Crippen molar-refractivity contribution in [1.29, 1.82) is 0 Å². The first-order valence-corrected chi connectivity index (χ1v) is 7.31. The largest absolute Gasteiger partial charge is 0.481 e. The molecule has 0 saturated heterocycles. The number of hydrogen-bond donors (Lipinski definition) is 1. The summed E-state index contributed by atoms with van der Waals surface area (Å²) < 4.78 is 2.09. The molecule has 1 aliphatic rings. The highest BCUT2D eigenvalue weighted by molar-refractivity contribution is 5.81. The van der Waals surface area contributed by atoms with E-state index in [9.17, 15) is 9.90 Å². The van der Waals surface area contributed by atoms with Crippen LogP contribution in [-0.4, -0.2) is 25.8 Å². The highest BCUT2D eigenvalue weighted by atomic mass is 16.4. The summed E-state index contributed by atoms with van der Waals surface area (Å²) in [4.78, 5) is 11.9. The quantitative estimate of drug-likeness (QED) is 0.935. The molecule has 5 heteroatoms. The molecule has 0 fully saturated rings. The molecule has 1 unspecified atom stereocenters. The van der Waals surface area contributed by atoms with Gasteiger partial charge in [0.2, 0.25) is 0 Å². The lowest BCUT2D eigenvalue weighted by atomic mass is 9.79. The maximum Gasteiger partial charge on any atom is 0.314 e. The third kappa shape index (κ3) is 2.44. The van der Waals surface area contributed by atoms with Gasteiger partial charge in [-0.05, 0) is 25.3 Å². The maximum absolute atomic E-state index is 11.9. The number of aromatic nitrogens is 3. The minimum atomic E-state index is -0.984. The first-order chi connectivity index (χ1) is 10.1. The van der Waals surface area contributed by atoms with E-state index >= 15 is 0 Å².